The summed E-state index contributed by atoms with van der Waals surface area (Å²) in [5, 5.41) is 5.16. The summed E-state index contributed by atoms with van der Waals surface area (Å²) in [5.74, 6) is -0.263. The monoisotopic (exact) mass is 397 g/mol. The number of esters is 1. The molecule has 0 aromatic heterocycles. The Labute approximate surface area is 168 Å². The number of halogens is 1. The second kappa shape index (κ2) is 8.76. The van der Waals surface area contributed by atoms with Crippen molar-refractivity contribution in [2.24, 2.45) is 0 Å². The summed E-state index contributed by atoms with van der Waals surface area (Å²) >= 11 is 6.01. The van der Waals surface area contributed by atoms with E-state index in [-0.39, 0.29) is 16.5 Å². The first-order valence-electron chi connectivity index (χ1n) is 8.86. The third-order valence-corrected chi connectivity index (χ3v) is 4.63. The summed E-state index contributed by atoms with van der Waals surface area (Å²) in [7, 11) is 1.27. The van der Waals surface area contributed by atoms with Gasteiger partial charge >= 0.3 is 5.97 Å². The minimum atomic E-state index is -0.682. The van der Waals surface area contributed by atoms with Gasteiger partial charge in [-0.25, -0.2) is 4.79 Å². The van der Waals surface area contributed by atoms with Gasteiger partial charge in [0.05, 0.1) is 17.7 Å². The van der Waals surface area contributed by atoms with E-state index in [1.54, 1.807) is 6.07 Å². The third kappa shape index (κ3) is 4.43. The molecule has 28 heavy (non-hydrogen) atoms. The van der Waals surface area contributed by atoms with Gasteiger partial charge in [0.15, 0.2) is 6.10 Å². The van der Waals surface area contributed by atoms with Crippen LogP contribution in [0.3, 0.4) is 0 Å². The molecular weight excluding hydrogens is 378 g/mol. The maximum Gasteiger partial charge on any atom is 0.339 e. The lowest BCUT2D eigenvalue weighted by Crippen LogP contribution is -2.32. The molecule has 0 saturated carbocycles. The second-order valence-electron chi connectivity index (χ2n) is 6.20. The van der Waals surface area contributed by atoms with Gasteiger partial charge in [-0.2, -0.15) is 0 Å². The predicted molar refractivity (Wildman–Crippen MR) is 110 cm³/mol. The molecule has 0 heterocycles. The SMILES string of the molecule is CC[C@H](Oc1ccc2ccccc2c1)C(=O)Nc1ccc(Cl)c(C(=O)OC)c1. The maximum atomic E-state index is 12.7. The summed E-state index contributed by atoms with van der Waals surface area (Å²) in [6, 6.07) is 18.3. The Morgan fingerprint density at radius 3 is 2.50 bits per heavy atom. The van der Waals surface area contributed by atoms with Crippen LogP contribution in [0.1, 0.15) is 23.7 Å². The van der Waals surface area contributed by atoms with Gasteiger partial charge in [-0.05, 0) is 47.5 Å². The number of hydrogen-bond acceptors (Lipinski definition) is 4. The third-order valence-electron chi connectivity index (χ3n) is 4.30. The second-order valence-corrected chi connectivity index (χ2v) is 6.61. The van der Waals surface area contributed by atoms with Gasteiger partial charge in [0, 0.05) is 5.69 Å². The van der Waals surface area contributed by atoms with E-state index >= 15 is 0 Å². The van der Waals surface area contributed by atoms with Crippen LogP contribution in [0.4, 0.5) is 5.69 Å². The van der Waals surface area contributed by atoms with E-state index in [9.17, 15) is 9.59 Å². The van der Waals surface area contributed by atoms with Crippen molar-refractivity contribution >= 4 is 39.9 Å². The van der Waals surface area contributed by atoms with Crippen molar-refractivity contribution in [2.75, 3.05) is 12.4 Å². The lowest BCUT2D eigenvalue weighted by molar-refractivity contribution is -0.122. The van der Waals surface area contributed by atoms with Gasteiger partial charge in [0.2, 0.25) is 0 Å². The largest absolute Gasteiger partial charge is 0.481 e. The zero-order valence-corrected chi connectivity index (χ0v) is 16.3. The van der Waals surface area contributed by atoms with Gasteiger partial charge in [-0.1, -0.05) is 48.9 Å². The van der Waals surface area contributed by atoms with Crippen molar-refractivity contribution in [1.29, 1.82) is 0 Å². The molecule has 0 unspecified atom stereocenters. The molecule has 1 N–H and O–H groups in total. The van der Waals surface area contributed by atoms with Crippen molar-refractivity contribution in [2.45, 2.75) is 19.4 Å². The summed E-state index contributed by atoms with van der Waals surface area (Å²) in [5.41, 5.74) is 0.626. The molecular formula is C22H20ClNO4. The Balaban J connectivity index is 1.75. The van der Waals surface area contributed by atoms with Gasteiger partial charge in [-0.15, -0.1) is 0 Å². The number of carbonyl (C=O) groups excluding carboxylic acids is 2. The van der Waals surface area contributed by atoms with E-state index in [1.807, 2.05) is 49.4 Å². The number of anilines is 1. The number of methoxy groups -OCH3 is 1. The molecule has 1 atom stereocenters. The molecule has 5 nitrogen and oxygen atoms in total. The Hall–Kier alpha value is -3.05. The van der Waals surface area contributed by atoms with Crippen molar-refractivity contribution in [3.8, 4) is 5.75 Å². The molecule has 0 aliphatic carbocycles. The topological polar surface area (TPSA) is 64.6 Å². The molecule has 6 heteroatoms. The van der Waals surface area contributed by atoms with E-state index in [2.05, 4.69) is 5.32 Å². The Bertz CT molecular complexity index is 1020. The van der Waals surface area contributed by atoms with Crippen LogP contribution in [0.15, 0.2) is 60.7 Å². The fraction of sp³-hybridized carbons (Fsp3) is 0.182. The Morgan fingerprint density at radius 2 is 1.79 bits per heavy atom. The van der Waals surface area contributed by atoms with E-state index in [1.165, 1.54) is 19.2 Å². The van der Waals surface area contributed by atoms with Gasteiger partial charge in [-0.3, -0.25) is 4.79 Å². The quantitative estimate of drug-likeness (QED) is 0.589. The van der Waals surface area contributed by atoms with E-state index < -0.39 is 12.1 Å². The Morgan fingerprint density at radius 1 is 1.04 bits per heavy atom. The van der Waals surface area contributed by atoms with Gasteiger partial charge < -0.3 is 14.8 Å². The number of ether oxygens (including phenoxy) is 2. The van der Waals surface area contributed by atoms with Crippen LogP contribution >= 0.6 is 11.6 Å². The fourth-order valence-corrected chi connectivity index (χ4v) is 3.01. The van der Waals surface area contributed by atoms with E-state index in [0.717, 1.165) is 10.8 Å². The molecule has 3 aromatic rings. The summed E-state index contributed by atoms with van der Waals surface area (Å²) in [4.78, 5) is 24.4. The number of hydrogen-bond donors (Lipinski definition) is 1. The van der Waals surface area contributed by atoms with Gasteiger partial charge in [0.1, 0.15) is 5.75 Å². The van der Waals surface area contributed by atoms with E-state index in [0.29, 0.717) is 17.9 Å². The lowest BCUT2D eigenvalue weighted by Gasteiger charge is -2.18. The molecule has 144 valence electrons. The number of carbonyl (C=O) groups is 2. The van der Waals surface area contributed by atoms with Crippen molar-refractivity contribution in [1.82, 2.24) is 0 Å². The Kier molecular flexibility index (Phi) is 6.16. The number of benzene rings is 3. The molecule has 0 bridgehead atoms. The average molecular weight is 398 g/mol. The standard InChI is InChI=1S/C22H20ClNO4/c1-3-20(28-17-10-8-14-6-4-5-7-15(14)12-17)21(25)24-16-9-11-19(23)18(13-16)22(26)27-2/h4-13,20H,3H2,1-2H3,(H,24,25)/t20-/m0/s1. The molecule has 0 aliphatic rings. The molecule has 0 spiro atoms. The maximum absolute atomic E-state index is 12.7. The molecule has 0 fully saturated rings. The first kappa shape index (κ1) is 19.7. The van der Waals surface area contributed by atoms with Crippen molar-refractivity contribution in [3.63, 3.8) is 0 Å². The number of amides is 1. The zero-order valence-electron chi connectivity index (χ0n) is 15.6. The van der Waals surface area contributed by atoms with Crippen molar-refractivity contribution < 1.29 is 19.1 Å². The molecule has 0 saturated heterocycles. The first-order valence-corrected chi connectivity index (χ1v) is 9.23. The smallest absolute Gasteiger partial charge is 0.339 e. The summed E-state index contributed by atoms with van der Waals surface area (Å²) in [6.45, 7) is 1.87. The first-order chi connectivity index (χ1) is 13.5. The molecule has 1 amide bonds. The fourth-order valence-electron chi connectivity index (χ4n) is 2.82. The molecule has 0 aliphatic heterocycles. The lowest BCUT2D eigenvalue weighted by atomic mass is 10.1. The van der Waals surface area contributed by atoms with Crippen LogP contribution in [-0.2, 0) is 9.53 Å². The molecule has 3 aromatic carbocycles. The number of nitrogens with one attached hydrogen (secondary N) is 1. The highest BCUT2D eigenvalue weighted by Gasteiger charge is 2.20. The molecule has 3 rings (SSSR count). The van der Waals surface area contributed by atoms with Crippen LogP contribution in [-0.4, -0.2) is 25.1 Å². The van der Waals surface area contributed by atoms with Crippen LogP contribution in [0, 0.1) is 0 Å². The van der Waals surface area contributed by atoms with E-state index in [4.69, 9.17) is 21.1 Å². The normalized spacial score (nSPS) is 11.7. The predicted octanol–water partition coefficient (Wildman–Crippen LogP) is 5.08. The summed E-state index contributed by atoms with van der Waals surface area (Å²) in [6.07, 6.45) is -0.200. The van der Waals surface area contributed by atoms with Crippen LogP contribution in [0.25, 0.3) is 10.8 Å². The minimum absolute atomic E-state index is 0.186. The summed E-state index contributed by atoms with van der Waals surface area (Å²) < 4.78 is 10.6. The number of fused-ring (bicyclic) bond motifs is 1. The van der Waals surface area contributed by atoms with Crippen LogP contribution in [0.2, 0.25) is 5.02 Å². The average Bonchev–Trinajstić information content (AvgIpc) is 2.72. The van der Waals surface area contributed by atoms with Gasteiger partial charge in [0.25, 0.3) is 5.91 Å². The number of rotatable bonds is 6. The highest BCUT2D eigenvalue weighted by atomic mass is 35.5. The molecule has 0 radical (unpaired) electrons. The van der Waals surface area contributed by atoms with Crippen LogP contribution < -0.4 is 10.1 Å². The minimum Gasteiger partial charge on any atom is -0.481 e. The highest BCUT2D eigenvalue weighted by molar-refractivity contribution is 6.33. The zero-order chi connectivity index (χ0) is 20.1. The van der Waals surface area contributed by atoms with Crippen LogP contribution in [0.5, 0.6) is 5.75 Å². The highest BCUT2D eigenvalue weighted by Crippen LogP contribution is 2.24. The van der Waals surface area contributed by atoms with Crippen molar-refractivity contribution in [3.05, 3.63) is 71.2 Å².